The molecule has 1 aliphatic rings. The van der Waals surface area contributed by atoms with Crippen molar-refractivity contribution in [1.82, 2.24) is 35.3 Å². The lowest BCUT2D eigenvalue weighted by Gasteiger charge is -2.45. The van der Waals surface area contributed by atoms with E-state index in [-0.39, 0.29) is 17.9 Å². The summed E-state index contributed by atoms with van der Waals surface area (Å²) in [6, 6.07) is 9.20. The molecule has 10 nitrogen and oxygen atoms in total. The molecule has 0 saturated heterocycles. The fourth-order valence-electron chi connectivity index (χ4n) is 4.60. The highest BCUT2D eigenvalue weighted by Gasteiger charge is 2.52. The minimum atomic E-state index is -0.919. The summed E-state index contributed by atoms with van der Waals surface area (Å²) in [6.07, 6.45) is 5.08. The van der Waals surface area contributed by atoms with E-state index in [0.29, 0.717) is 30.3 Å². The van der Waals surface area contributed by atoms with Gasteiger partial charge < -0.3 is 15.4 Å². The van der Waals surface area contributed by atoms with Crippen molar-refractivity contribution in [2.24, 2.45) is 0 Å². The molecule has 3 N–H and O–H groups in total. The predicted molar refractivity (Wildman–Crippen MR) is 135 cm³/mol. The van der Waals surface area contributed by atoms with Crippen LogP contribution in [0.1, 0.15) is 54.2 Å². The number of nitrogens with one attached hydrogen (secondary N) is 3. The lowest BCUT2D eigenvalue weighted by Crippen LogP contribution is -2.56. The van der Waals surface area contributed by atoms with Crippen molar-refractivity contribution < 1.29 is 13.9 Å². The number of hydrogen-bond donors (Lipinski definition) is 3. The van der Waals surface area contributed by atoms with Crippen LogP contribution in [0.2, 0.25) is 0 Å². The number of amides is 1. The van der Waals surface area contributed by atoms with Crippen molar-refractivity contribution in [3.8, 4) is 5.82 Å². The minimum Gasteiger partial charge on any atom is -0.368 e. The van der Waals surface area contributed by atoms with E-state index in [1.165, 1.54) is 10.9 Å². The molecular formula is C26H29FN8O2. The van der Waals surface area contributed by atoms with Crippen LogP contribution in [0.15, 0.2) is 48.9 Å². The van der Waals surface area contributed by atoms with Gasteiger partial charge in [0.1, 0.15) is 11.4 Å². The summed E-state index contributed by atoms with van der Waals surface area (Å²) in [5.41, 5.74) is 2.84. The van der Waals surface area contributed by atoms with E-state index < -0.39 is 11.4 Å². The molecule has 0 unspecified atom stereocenters. The van der Waals surface area contributed by atoms with E-state index in [1.54, 1.807) is 19.4 Å². The van der Waals surface area contributed by atoms with Crippen molar-refractivity contribution in [3.63, 3.8) is 0 Å². The SMILES string of the molecule is COC1(C(=O)N[C@@H](C)c2ccc(-n3cc(F)cn3)nc2)CC(c2cc(C)cc(Nc3cc(C)[nH]n3)n2)C1. The van der Waals surface area contributed by atoms with Crippen molar-refractivity contribution in [2.75, 3.05) is 12.4 Å². The predicted octanol–water partition coefficient (Wildman–Crippen LogP) is 4.02. The van der Waals surface area contributed by atoms with E-state index in [1.807, 2.05) is 45.0 Å². The number of aryl methyl sites for hydroxylation is 2. The van der Waals surface area contributed by atoms with Crippen LogP contribution in [-0.2, 0) is 9.53 Å². The van der Waals surface area contributed by atoms with Crippen LogP contribution in [0.25, 0.3) is 5.82 Å². The summed E-state index contributed by atoms with van der Waals surface area (Å²) in [6.45, 7) is 5.84. The average molecular weight is 505 g/mol. The third kappa shape index (κ3) is 5.08. The first-order valence-corrected chi connectivity index (χ1v) is 12.0. The van der Waals surface area contributed by atoms with Crippen LogP contribution >= 0.6 is 0 Å². The lowest BCUT2D eigenvalue weighted by atomic mass is 9.68. The van der Waals surface area contributed by atoms with Crippen molar-refractivity contribution in [3.05, 3.63) is 77.3 Å². The second-order valence-corrected chi connectivity index (χ2v) is 9.57. The Morgan fingerprint density at radius 1 is 1.22 bits per heavy atom. The molecule has 1 atom stereocenters. The van der Waals surface area contributed by atoms with Crippen LogP contribution in [0.4, 0.5) is 16.0 Å². The van der Waals surface area contributed by atoms with E-state index in [9.17, 15) is 9.18 Å². The van der Waals surface area contributed by atoms with Gasteiger partial charge in [-0.05, 0) is 62.9 Å². The quantitative estimate of drug-likeness (QED) is 0.331. The average Bonchev–Trinajstić information content (AvgIpc) is 3.46. The molecule has 0 spiro atoms. The number of H-pyrrole nitrogens is 1. The second-order valence-electron chi connectivity index (χ2n) is 9.57. The summed E-state index contributed by atoms with van der Waals surface area (Å²) in [4.78, 5) is 22.4. The summed E-state index contributed by atoms with van der Waals surface area (Å²) in [7, 11) is 1.57. The van der Waals surface area contributed by atoms with E-state index in [4.69, 9.17) is 9.72 Å². The topological polar surface area (TPSA) is 123 Å². The summed E-state index contributed by atoms with van der Waals surface area (Å²) in [5.74, 6) is 1.39. The van der Waals surface area contributed by atoms with E-state index in [2.05, 4.69) is 30.9 Å². The van der Waals surface area contributed by atoms with Crippen LogP contribution in [0.3, 0.4) is 0 Å². The van der Waals surface area contributed by atoms with E-state index >= 15 is 0 Å². The molecule has 1 amide bonds. The molecule has 1 fully saturated rings. The number of hydrogen-bond acceptors (Lipinski definition) is 7. The number of ether oxygens (including phenoxy) is 1. The van der Waals surface area contributed by atoms with Crippen molar-refractivity contribution in [1.29, 1.82) is 0 Å². The first-order chi connectivity index (χ1) is 17.7. The van der Waals surface area contributed by atoms with Crippen molar-refractivity contribution >= 4 is 17.5 Å². The van der Waals surface area contributed by atoms with Gasteiger partial charge in [0.25, 0.3) is 5.91 Å². The standard InChI is InChI=1S/C26H29FN8O2/c1-15-7-21(31-22(8-15)32-23-9-16(2)33-34-23)19-10-26(11-19,37-4)25(36)30-17(3)18-5-6-24(28-12-18)35-14-20(27)13-29-35/h5-9,12-14,17,19H,10-11H2,1-4H3,(H,30,36)(H2,31,32,33,34)/t17-,19?,26?/m0/s1. The van der Waals surface area contributed by atoms with Gasteiger partial charge in [0.2, 0.25) is 0 Å². The summed E-state index contributed by atoms with van der Waals surface area (Å²) < 4.78 is 20.3. The van der Waals surface area contributed by atoms with Gasteiger partial charge in [-0.25, -0.2) is 19.0 Å². The fourth-order valence-corrected chi connectivity index (χ4v) is 4.60. The van der Waals surface area contributed by atoms with Crippen LogP contribution in [-0.4, -0.2) is 48.6 Å². The Morgan fingerprint density at radius 3 is 2.65 bits per heavy atom. The molecule has 4 aromatic heterocycles. The molecule has 5 rings (SSSR count). The van der Waals surface area contributed by atoms with Crippen LogP contribution < -0.4 is 10.6 Å². The number of rotatable bonds is 8. The highest BCUT2D eigenvalue weighted by molar-refractivity contribution is 5.87. The summed E-state index contributed by atoms with van der Waals surface area (Å²) >= 11 is 0. The smallest absolute Gasteiger partial charge is 0.252 e. The zero-order chi connectivity index (χ0) is 26.2. The molecule has 0 bridgehead atoms. The molecule has 4 heterocycles. The van der Waals surface area contributed by atoms with Gasteiger partial charge in [-0.1, -0.05) is 6.07 Å². The van der Waals surface area contributed by atoms with Gasteiger partial charge in [0.05, 0.1) is 18.4 Å². The molecule has 0 aliphatic heterocycles. The number of aromatic nitrogens is 6. The highest BCUT2D eigenvalue weighted by Crippen LogP contribution is 2.47. The van der Waals surface area contributed by atoms with Gasteiger partial charge in [-0.2, -0.15) is 10.2 Å². The van der Waals surface area contributed by atoms with Crippen LogP contribution in [0, 0.1) is 19.7 Å². The molecule has 37 heavy (non-hydrogen) atoms. The monoisotopic (exact) mass is 504 g/mol. The summed E-state index contributed by atoms with van der Waals surface area (Å²) in [5, 5.41) is 17.3. The number of carbonyl (C=O) groups is 1. The number of pyridine rings is 2. The van der Waals surface area contributed by atoms with Gasteiger partial charge >= 0.3 is 0 Å². The first kappa shape index (κ1) is 24.6. The van der Waals surface area contributed by atoms with Crippen LogP contribution in [0.5, 0.6) is 0 Å². The van der Waals surface area contributed by atoms with Gasteiger partial charge in [-0.3, -0.25) is 9.89 Å². The first-order valence-electron chi connectivity index (χ1n) is 12.0. The van der Waals surface area contributed by atoms with Gasteiger partial charge in [0.15, 0.2) is 17.5 Å². The van der Waals surface area contributed by atoms with Gasteiger partial charge in [0, 0.05) is 36.7 Å². The molecule has 11 heteroatoms. The Hall–Kier alpha value is -4.12. The number of methoxy groups -OCH3 is 1. The van der Waals surface area contributed by atoms with Crippen molar-refractivity contribution in [2.45, 2.75) is 51.2 Å². The Bertz CT molecular complexity index is 1410. The molecule has 1 saturated carbocycles. The maximum atomic E-state index is 13.3. The zero-order valence-electron chi connectivity index (χ0n) is 21.1. The molecular weight excluding hydrogens is 475 g/mol. The molecule has 1 aliphatic carbocycles. The third-order valence-electron chi connectivity index (χ3n) is 6.73. The molecule has 0 aromatic carbocycles. The maximum absolute atomic E-state index is 13.3. The second kappa shape index (κ2) is 9.74. The molecule has 4 aromatic rings. The number of carbonyl (C=O) groups excluding carboxylic acids is 1. The highest BCUT2D eigenvalue weighted by atomic mass is 19.1. The minimum absolute atomic E-state index is 0.0952. The Balaban J connectivity index is 1.23. The number of nitrogens with zero attached hydrogens (tertiary/aromatic N) is 5. The number of anilines is 2. The fraction of sp³-hybridized carbons (Fsp3) is 0.346. The number of halogens is 1. The Kier molecular flexibility index (Phi) is 6.46. The largest absolute Gasteiger partial charge is 0.368 e. The normalized spacial score (nSPS) is 19.8. The third-order valence-corrected chi connectivity index (χ3v) is 6.73. The Morgan fingerprint density at radius 2 is 2.03 bits per heavy atom. The molecule has 192 valence electrons. The van der Waals surface area contributed by atoms with Gasteiger partial charge in [-0.15, -0.1) is 0 Å². The maximum Gasteiger partial charge on any atom is 0.252 e. The number of aromatic amines is 1. The molecule has 0 radical (unpaired) electrons. The zero-order valence-corrected chi connectivity index (χ0v) is 21.1. The lowest BCUT2D eigenvalue weighted by molar-refractivity contribution is -0.158. The van der Waals surface area contributed by atoms with E-state index in [0.717, 1.165) is 28.7 Å². The Labute approximate surface area is 213 Å².